The molecule has 0 aliphatic carbocycles. The van der Waals surface area contributed by atoms with E-state index in [1.54, 1.807) is 12.1 Å². The zero-order valence-electron chi connectivity index (χ0n) is 16.1. The molecule has 0 radical (unpaired) electrons. The quantitative estimate of drug-likeness (QED) is 0.478. The van der Waals surface area contributed by atoms with Crippen LogP contribution in [0.15, 0.2) is 59.8 Å². The molecule has 1 amide bonds. The van der Waals surface area contributed by atoms with Gasteiger partial charge in [-0.2, -0.15) is 5.10 Å². The summed E-state index contributed by atoms with van der Waals surface area (Å²) in [5.41, 5.74) is 1.30. The summed E-state index contributed by atoms with van der Waals surface area (Å²) in [4.78, 5) is 29.4. The highest BCUT2D eigenvalue weighted by molar-refractivity contribution is 6.33. The minimum absolute atomic E-state index is 0.0324. The first kappa shape index (κ1) is 21.0. The lowest BCUT2D eigenvalue weighted by Gasteiger charge is -2.08. The van der Waals surface area contributed by atoms with Gasteiger partial charge in [-0.1, -0.05) is 35.3 Å². The van der Waals surface area contributed by atoms with Gasteiger partial charge in [0.25, 0.3) is 11.5 Å². The molecule has 0 spiro atoms. The van der Waals surface area contributed by atoms with Gasteiger partial charge in [0.1, 0.15) is 17.5 Å². The minimum Gasteiger partial charge on any atom is -0.350 e. The van der Waals surface area contributed by atoms with E-state index in [9.17, 15) is 14.0 Å². The van der Waals surface area contributed by atoms with Gasteiger partial charge in [0.05, 0.1) is 29.9 Å². The van der Waals surface area contributed by atoms with Gasteiger partial charge in [-0.15, -0.1) is 0 Å². The van der Waals surface area contributed by atoms with Crippen LogP contribution in [0.3, 0.4) is 0 Å². The molecular formula is C21H16Cl2FN5O2. The Bertz CT molecular complexity index is 1320. The van der Waals surface area contributed by atoms with Gasteiger partial charge < -0.3 is 5.32 Å². The van der Waals surface area contributed by atoms with Gasteiger partial charge in [0, 0.05) is 11.6 Å². The molecule has 0 atom stereocenters. The Hall–Kier alpha value is -3.23. The first-order valence-corrected chi connectivity index (χ1v) is 10.1. The normalized spacial score (nSPS) is 11.1. The smallest absolute Gasteiger partial charge is 0.264 e. The third-order valence-corrected chi connectivity index (χ3v) is 5.24. The molecule has 7 nitrogen and oxygen atoms in total. The fourth-order valence-corrected chi connectivity index (χ4v) is 3.48. The second-order valence-corrected chi connectivity index (χ2v) is 7.63. The number of amides is 1. The first-order valence-electron chi connectivity index (χ1n) is 9.31. The van der Waals surface area contributed by atoms with Gasteiger partial charge in [-0.3, -0.25) is 14.2 Å². The molecule has 2 aromatic carbocycles. The topological polar surface area (TPSA) is 81.8 Å². The van der Waals surface area contributed by atoms with Crippen LogP contribution in [0.5, 0.6) is 0 Å². The fraction of sp³-hybridized carbons (Fsp3) is 0.143. The highest BCUT2D eigenvalue weighted by Gasteiger charge is 2.13. The Morgan fingerprint density at radius 1 is 1.13 bits per heavy atom. The van der Waals surface area contributed by atoms with Crippen molar-refractivity contribution in [3.63, 3.8) is 0 Å². The maximum Gasteiger partial charge on any atom is 0.264 e. The van der Waals surface area contributed by atoms with E-state index >= 15 is 0 Å². The molecule has 158 valence electrons. The van der Waals surface area contributed by atoms with Crippen molar-refractivity contribution in [1.29, 1.82) is 0 Å². The zero-order valence-corrected chi connectivity index (χ0v) is 17.6. The van der Waals surface area contributed by atoms with Gasteiger partial charge >= 0.3 is 0 Å². The Morgan fingerprint density at radius 3 is 2.65 bits per heavy atom. The van der Waals surface area contributed by atoms with Crippen LogP contribution in [-0.4, -0.2) is 31.8 Å². The summed E-state index contributed by atoms with van der Waals surface area (Å²) >= 11 is 11.8. The molecule has 10 heteroatoms. The standard InChI is InChI=1S/C21H16Cl2FN5O2/c22-14-3-1-13(2-4-14)11-28-12-26-19-17(21(28)31)10-27-29(19)8-7-25-20(30)16-6-5-15(24)9-18(16)23/h1-6,9-10,12H,7-8,11H2,(H,25,30). The monoisotopic (exact) mass is 459 g/mol. The third kappa shape index (κ3) is 4.60. The van der Waals surface area contributed by atoms with Crippen molar-refractivity contribution in [3.8, 4) is 0 Å². The van der Waals surface area contributed by atoms with Crippen LogP contribution in [-0.2, 0) is 13.1 Å². The van der Waals surface area contributed by atoms with Crippen LogP contribution in [0.4, 0.5) is 4.39 Å². The van der Waals surface area contributed by atoms with Crippen molar-refractivity contribution in [1.82, 2.24) is 24.6 Å². The van der Waals surface area contributed by atoms with Crippen LogP contribution < -0.4 is 10.9 Å². The number of hydrogen-bond acceptors (Lipinski definition) is 4. The molecular weight excluding hydrogens is 444 g/mol. The molecule has 0 saturated carbocycles. The number of nitrogens with one attached hydrogen (secondary N) is 1. The first-order chi connectivity index (χ1) is 14.9. The summed E-state index contributed by atoms with van der Waals surface area (Å²) < 4.78 is 16.2. The third-order valence-electron chi connectivity index (χ3n) is 4.67. The average molecular weight is 460 g/mol. The second-order valence-electron chi connectivity index (χ2n) is 6.79. The van der Waals surface area contributed by atoms with E-state index < -0.39 is 11.7 Å². The zero-order chi connectivity index (χ0) is 22.0. The summed E-state index contributed by atoms with van der Waals surface area (Å²) in [6.45, 7) is 0.874. The number of aromatic nitrogens is 4. The SMILES string of the molecule is O=C(NCCn1ncc2c(=O)n(Cc3ccc(Cl)cc3)cnc21)c1ccc(F)cc1Cl. The maximum atomic E-state index is 13.1. The molecule has 0 fully saturated rings. The van der Waals surface area contributed by atoms with Gasteiger partial charge in [0.15, 0.2) is 5.65 Å². The van der Waals surface area contributed by atoms with E-state index in [0.29, 0.717) is 29.1 Å². The minimum atomic E-state index is -0.516. The molecule has 0 aliphatic rings. The molecule has 0 aliphatic heterocycles. The summed E-state index contributed by atoms with van der Waals surface area (Å²) in [7, 11) is 0. The summed E-state index contributed by atoms with van der Waals surface area (Å²) in [6, 6.07) is 10.8. The number of hydrogen-bond donors (Lipinski definition) is 1. The molecule has 1 N–H and O–H groups in total. The molecule has 0 bridgehead atoms. The van der Waals surface area contributed by atoms with E-state index in [1.807, 2.05) is 12.1 Å². The molecule has 31 heavy (non-hydrogen) atoms. The van der Waals surface area contributed by atoms with Crippen molar-refractivity contribution < 1.29 is 9.18 Å². The summed E-state index contributed by atoms with van der Waals surface area (Å²) in [5.74, 6) is -0.947. The number of carbonyl (C=O) groups excluding carboxylic acids is 1. The Morgan fingerprint density at radius 2 is 1.90 bits per heavy atom. The van der Waals surface area contributed by atoms with E-state index in [-0.39, 0.29) is 22.7 Å². The van der Waals surface area contributed by atoms with Crippen molar-refractivity contribution in [2.24, 2.45) is 0 Å². The van der Waals surface area contributed by atoms with E-state index in [4.69, 9.17) is 23.2 Å². The average Bonchev–Trinajstić information content (AvgIpc) is 3.15. The van der Waals surface area contributed by atoms with Gasteiger partial charge in [-0.05, 0) is 35.9 Å². The molecule has 0 unspecified atom stereocenters. The number of fused-ring (bicyclic) bond motifs is 1. The Labute approximate surface area is 186 Å². The van der Waals surface area contributed by atoms with Crippen LogP contribution in [0, 0.1) is 5.82 Å². The fourth-order valence-electron chi connectivity index (χ4n) is 3.10. The number of rotatable bonds is 6. The highest BCUT2D eigenvalue weighted by Crippen LogP contribution is 2.17. The molecule has 0 saturated heterocycles. The number of halogens is 3. The maximum absolute atomic E-state index is 13.1. The number of nitrogens with zero attached hydrogens (tertiary/aromatic N) is 4. The molecule has 2 aromatic heterocycles. The van der Waals surface area contributed by atoms with E-state index in [2.05, 4.69) is 15.4 Å². The largest absolute Gasteiger partial charge is 0.350 e. The van der Waals surface area contributed by atoms with Crippen molar-refractivity contribution >= 4 is 40.1 Å². The van der Waals surface area contributed by atoms with Gasteiger partial charge in [0.2, 0.25) is 0 Å². The molecule has 4 rings (SSSR count). The Balaban J connectivity index is 1.45. The highest BCUT2D eigenvalue weighted by atomic mass is 35.5. The summed E-state index contributed by atoms with van der Waals surface area (Å²) in [5, 5.41) is 7.94. The number of benzene rings is 2. The van der Waals surface area contributed by atoms with Crippen molar-refractivity contribution in [2.45, 2.75) is 13.1 Å². The molecule has 2 heterocycles. The predicted molar refractivity (Wildman–Crippen MR) is 116 cm³/mol. The van der Waals surface area contributed by atoms with Crippen LogP contribution >= 0.6 is 23.2 Å². The lowest BCUT2D eigenvalue weighted by molar-refractivity contribution is 0.0952. The van der Waals surface area contributed by atoms with Crippen molar-refractivity contribution in [2.75, 3.05) is 6.54 Å². The predicted octanol–water partition coefficient (Wildman–Crippen LogP) is 3.52. The van der Waals surface area contributed by atoms with Crippen LogP contribution in [0.25, 0.3) is 11.0 Å². The lowest BCUT2D eigenvalue weighted by atomic mass is 10.2. The second kappa shape index (κ2) is 8.87. The number of carbonyl (C=O) groups is 1. The van der Waals surface area contributed by atoms with E-state index in [0.717, 1.165) is 11.6 Å². The van der Waals surface area contributed by atoms with Crippen molar-refractivity contribution in [3.05, 3.63) is 92.3 Å². The van der Waals surface area contributed by atoms with Gasteiger partial charge in [-0.25, -0.2) is 14.1 Å². The molecule has 4 aromatic rings. The van der Waals surface area contributed by atoms with Crippen LogP contribution in [0.1, 0.15) is 15.9 Å². The van der Waals surface area contributed by atoms with Crippen LogP contribution in [0.2, 0.25) is 10.0 Å². The Kier molecular flexibility index (Phi) is 6.01. The summed E-state index contributed by atoms with van der Waals surface area (Å²) in [6.07, 6.45) is 2.93. The van der Waals surface area contributed by atoms with E-state index in [1.165, 1.54) is 33.9 Å². The lowest BCUT2D eigenvalue weighted by Crippen LogP contribution is -2.28.